The van der Waals surface area contributed by atoms with Crippen LogP contribution in [0.15, 0.2) is 65.7 Å². The van der Waals surface area contributed by atoms with Crippen LogP contribution in [0.1, 0.15) is 21.5 Å². The van der Waals surface area contributed by atoms with E-state index < -0.39 is 5.91 Å². The third-order valence-electron chi connectivity index (χ3n) is 3.94. The first-order valence-corrected chi connectivity index (χ1v) is 7.15. The molecule has 0 fully saturated rings. The molecule has 0 saturated heterocycles. The SMILES string of the molecule is [B]n1c(O)c2c(c1-c1ccccc1)C(=O)N=C2c1ccccc1. The molecule has 0 aliphatic carbocycles. The highest BCUT2D eigenvalue weighted by Gasteiger charge is 2.34. The van der Waals surface area contributed by atoms with Crippen molar-refractivity contribution in [3.63, 3.8) is 0 Å². The van der Waals surface area contributed by atoms with E-state index in [4.69, 9.17) is 7.98 Å². The predicted molar refractivity (Wildman–Crippen MR) is 89.1 cm³/mol. The number of fused-ring (bicyclic) bond motifs is 1. The third-order valence-corrected chi connectivity index (χ3v) is 3.94. The standard InChI is InChI=1S/C18H11BN2O2/c19-21-16(12-9-5-2-6-10-12)14-13(18(21)23)15(20-17(14)22)11-7-3-1-4-8-11/h1-10,23H. The lowest BCUT2D eigenvalue weighted by Crippen LogP contribution is -2.01. The summed E-state index contributed by atoms with van der Waals surface area (Å²) in [6.45, 7) is 0. The molecule has 2 heterocycles. The molecule has 2 radical (unpaired) electrons. The second-order valence-electron chi connectivity index (χ2n) is 5.29. The van der Waals surface area contributed by atoms with Crippen molar-refractivity contribution in [3.05, 3.63) is 77.4 Å². The molecule has 1 aliphatic rings. The molecule has 4 nitrogen and oxygen atoms in total. The number of hydrogen-bond acceptors (Lipinski definition) is 2. The van der Waals surface area contributed by atoms with Gasteiger partial charge in [-0.1, -0.05) is 60.7 Å². The fourth-order valence-corrected chi connectivity index (χ4v) is 2.91. The topological polar surface area (TPSA) is 54.6 Å². The number of carbonyl (C=O) groups is 1. The van der Waals surface area contributed by atoms with E-state index in [0.29, 0.717) is 22.5 Å². The summed E-state index contributed by atoms with van der Waals surface area (Å²) < 4.78 is 1.15. The summed E-state index contributed by atoms with van der Waals surface area (Å²) in [5.41, 5.74) is 3.17. The van der Waals surface area contributed by atoms with Gasteiger partial charge in [0.1, 0.15) is 0 Å². The molecular formula is C18H11BN2O2. The van der Waals surface area contributed by atoms with Crippen LogP contribution in [0.5, 0.6) is 5.88 Å². The minimum atomic E-state index is -0.391. The summed E-state index contributed by atoms with van der Waals surface area (Å²) >= 11 is 0. The zero-order valence-corrected chi connectivity index (χ0v) is 12.1. The molecule has 1 amide bonds. The molecule has 0 atom stereocenters. The highest BCUT2D eigenvalue weighted by atomic mass is 16.3. The third kappa shape index (κ3) is 1.94. The van der Waals surface area contributed by atoms with E-state index in [9.17, 15) is 9.90 Å². The van der Waals surface area contributed by atoms with Crippen molar-refractivity contribution in [1.82, 2.24) is 4.48 Å². The van der Waals surface area contributed by atoms with Gasteiger partial charge in [-0.3, -0.25) is 4.79 Å². The van der Waals surface area contributed by atoms with Crippen molar-refractivity contribution in [2.45, 2.75) is 0 Å². The predicted octanol–water partition coefficient (Wildman–Crippen LogP) is 2.78. The Morgan fingerprint density at radius 3 is 2.04 bits per heavy atom. The van der Waals surface area contributed by atoms with Gasteiger partial charge in [-0.2, -0.15) is 0 Å². The molecule has 1 aliphatic heterocycles. The van der Waals surface area contributed by atoms with E-state index in [1.807, 2.05) is 60.7 Å². The van der Waals surface area contributed by atoms with Gasteiger partial charge in [-0.15, -0.1) is 0 Å². The molecular weight excluding hydrogens is 287 g/mol. The Kier molecular flexibility index (Phi) is 2.94. The van der Waals surface area contributed by atoms with Crippen LogP contribution in [0.2, 0.25) is 0 Å². The number of amides is 1. The lowest BCUT2D eigenvalue weighted by molar-refractivity contribution is 0.101. The highest BCUT2D eigenvalue weighted by molar-refractivity contribution is 6.32. The zero-order chi connectivity index (χ0) is 16.0. The lowest BCUT2D eigenvalue weighted by Gasteiger charge is -2.06. The normalized spacial score (nSPS) is 13.0. The summed E-state index contributed by atoms with van der Waals surface area (Å²) in [6.07, 6.45) is 0. The Hall–Kier alpha value is -3.08. The van der Waals surface area contributed by atoms with E-state index in [-0.39, 0.29) is 5.88 Å². The quantitative estimate of drug-likeness (QED) is 0.740. The van der Waals surface area contributed by atoms with Gasteiger partial charge in [0.15, 0.2) is 5.88 Å². The van der Waals surface area contributed by atoms with Crippen molar-refractivity contribution in [2.24, 2.45) is 4.99 Å². The second-order valence-corrected chi connectivity index (χ2v) is 5.29. The number of benzene rings is 2. The summed E-state index contributed by atoms with van der Waals surface area (Å²) in [4.78, 5) is 16.6. The number of carbonyl (C=O) groups excluding carboxylic acids is 1. The van der Waals surface area contributed by atoms with Crippen molar-refractivity contribution in [1.29, 1.82) is 0 Å². The first-order chi connectivity index (χ1) is 11.2. The molecule has 108 valence electrons. The zero-order valence-electron chi connectivity index (χ0n) is 12.1. The van der Waals surface area contributed by atoms with Crippen LogP contribution in [-0.2, 0) is 0 Å². The number of hydrogen-bond donors (Lipinski definition) is 1. The molecule has 0 bridgehead atoms. The van der Waals surface area contributed by atoms with E-state index in [0.717, 1.165) is 15.6 Å². The van der Waals surface area contributed by atoms with Crippen molar-refractivity contribution in [2.75, 3.05) is 0 Å². The number of aromatic hydroxyl groups is 1. The van der Waals surface area contributed by atoms with Crippen LogP contribution in [0.25, 0.3) is 11.3 Å². The summed E-state index contributed by atoms with van der Waals surface area (Å²) in [7, 11) is 6.01. The van der Waals surface area contributed by atoms with Gasteiger partial charge in [0.25, 0.3) is 5.91 Å². The molecule has 4 rings (SSSR count). The van der Waals surface area contributed by atoms with Crippen molar-refractivity contribution < 1.29 is 9.90 Å². The number of aromatic nitrogens is 1. The largest absolute Gasteiger partial charge is 0.495 e. The monoisotopic (exact) mass is 298 g/mol. The molecule has 1 aromatic heterocycles. The van der Waals surface area contributed by atoms with Crippen molar-refractivity contribution in [3.8, 4) is 17.1 Å². The molecule has 23 heavy (non-hydrogen) atoms. The minimum absolute atomic E-state index is 0.160. The maximum absolute atomic E-state index is 12.4. The van der Waals surface area contributed by atoms with Gasteiger partial charge in [0.05, 0.1) is 22.5 Å². The van der Waals surface area contributed by atoms with E-state index in [1.165, 1.54) is 0 Å². The fraction of sp³-hybridized carbons (Fsp3) is 0. The van der Waals surface area contributed by atoms with Crippen LogP contribution in [-0.4, -0.2) is 29.2 Å². The van der Waals surface area contributed by atoms with E-state index in [1.54, 1.807) is 0 Å². The van der Waals surface area contributed by atoms with Crippen molar-refractivity contribution >= 4 is 19.6 Å². The van der Waals surface area contributed by atoms with Crippen LogP contribution < -0.4 is 0 Å². The summed E-state index contributed by atoms with van der Waals surface area (Å²) in [6, 6.07) is 18.5. The lowest BCUT2D eigenvalue weighted by atomic mass is 10.0. The van der Waals surface area contributed by atoms with E-state index in [2.05, 4.69) is 4.99 Å². The van der Waals surface area contributed by atoms with Crippen LogP contribution in [0.4, 0.5) is 0 Å². The molecule has 3 aromatic rings. The minimum Gasteiger partial charge on any atom is -0.495 e. The Morgan fingerprint density at radius 2 is 1.43 bits per heavy atom. The first kappa shape index (κ1) is 13.6. The average Bonchev–Trinajstić information content (AvgIpc) is 3.06. The Balaban J connectivity index is 1.98. The van der Waals surface area contributed by atoms with Gasteiger partial charge in [0.2, 0.25) is 7.98 Å². The summed E-state index contributed by atoms with van der Waals surface area (Å²) in [5, 5.41) is 10.5. The maximum atomic E-state index is 12.4. The van der Waals surface area contributed by atoms with Crippen LogP contribution in [0, 0.1) is 0 Å². The Bertz CT molecular complexity index is 944. The van der Waals surface area contributed by atoms with Crippen LogP contribution in [0.3, 0.4) is 0 Å². The average molecular weight is 298 g/mol. The van der Waals surface area contributed by atoms with Gasteiger partial charge < -0.3 is 9.58 Å². The number of aliphatic imine (C=N–C) groups is 1. The molecule has 1 N–H and O–H groups in total. The van der Waals surface area contributed by atoms with E-state index >= 15 is 0 Å². The summed E-state index contributed by atoms with van der Waals surface area (Å²) in [5.74, 6) is -0.551. The number of nitrogens with zero attached hydrogens (tertiary/aromatic N) is 2. The smallest absolute Gasteiger partial charge is 0.280 e. The van der Waals surface area contributed by atoms with Gasteiger partial charge in [0, 0.05) is 5.56 Å². The molecule has 0 unspecified atom stereocenters. The Labute approximate surface area is 134 Å². The van der Waals surface area contributed by atoms with Gasteiger partial charge >= 0.3 is 0 Å². The maximum Gasteiger partial charge on any atom is 0.280 e. The molecule has 5 heteroatoms. The molecule has 2 aromatic carbocycles. The van der Waals surface area contributed by atoms with Gasteiger partial charge in [-0.05, 0) is 5.56 Å². The van der Waals surface area contributed by atoms with Gasteiger partial charge in [-0.25, -0.2) is 4.99 Å². The molecule has 0 saturated carbocycles. The number of rotatable bonds is 2. The first-order valence-electron chi connectivity index (χ1n) is 7.15. The highest BCUT2D eigenvalue weighted by Crippen LogP contribution is 2.39. The fourth-order valence-electron chi connectivity index (χ4n) is 2.91. The van der Waals surface area contributed by atoms with Crippen LogP contribution >= 0.6 is 0 Å². The second kappa shape index (κ2) is 4.99. The Morgan fingerprint density at radius 1 is 0.870 bits per heavy atom. The molecule has 0 spiro atoms.